The van der Waals surface area contributed by atoms with Crippen molar-refractivity contribution in [2.75, 3.05) is 0 Å². The molecule has 2 N–H and O–H groups in total. The second-order valence-electron chi connectivity index (χ2n) is 4.00. The highest BCUT2D eigenvalue weighted by atomic mass is 79.9. The minimum atomic E-state index is -0.224. The first-order valence-corrected chi connectivity index (χ1v) is 7.16. The molecule has 0 amide bonds. The van der Waals surface area contributed by atoms with Gasteiger partial charge in [0.05, 0.1) is 4.90 Å². The van der Waals surface area contributed by atoms with Crippen molar-refractivity contribution in [1.82, 2.24) is 0 Å². The zero-order valence-corrected chi connectivity index (χ0v) is 12.3. The standard InChI is InChI=1S/C14H13BrFNS/c1-9(17)12-3-2-4-13(16)14(12)18-11-7-5-10(15)6-8-11/h2-9H,17H2,1H3. The first-order chi connectivity index (χ1) is 8.58. The summed E-state index contributed by atoms with van der Waals surface area (Å²) in [5.74, 6) is -0.224. The average Bonchev–Trinajstić information content (AvgIpc) is 2.34. The molecule has 18 heavy (non-hydrogen) atoms. The number of hydrogen-bond donors (Lipinski definition) is 1. The van der Waals surface area contributed by atoms with Crippen LogP contribution in [-0.2, 0) is 0 Å². The fourth-order valence-electron chi connectivity index (χ4n) is 1.61. The Bertz CT molecular complexity index is 540. The minimum absolute atomic E-state index is 0.182. The van der Waals surface area contributed by atoms with Gasteiger partial charge in [-0.15, -0.1) is 0 Å². The van der Waals surface area contributed by atoms with Gasteiger partial charge in [0.15, 0.2) is 0 Å². The summed E-state index contributed by atoms with van der Waals surface area (Å²) < 4.78 is 14.9. The van der Waals surface area contributed by atoms with Crippen molar-refractivity contribution in [3.63, 3.8) is 0 Å². The second-order valence-corrected chi connectivity index (χ2v) is 6.00. The van der Waals surface area contributed by atoms with E-state index in [1.807, 2.05) is 37.3 Å². The monoisotopic (exact) mass is 325 g/mol. The SMILES string of the molecule is CC(N)c1cccc(F)c1Sc1ccc(Br)cc1. The molecule has 0 spiro atoms. The largest absolute Gasteiger partial charge is 0.324 e. The lowest BCUT2D eigenvalue weighted by Crippen LogP contribution is -2.07. The van der Waals surface area contributed by atoms with E-state index in [9.17, 15) is 4.39 Å². The molecular weight excluding hydrogens is 313 g/mol. The Morgan fingerprint density at radius 1 is 1.17 bits per heavy atom. The van der Waals surface area contributed by atoms with Gasteiger partial charge in [-0.2, -0.15) is 0 Å². The fourth-order valence-corrected chi connectivity index (χ4v) is 2.92. The van der Waals surface area contributed by atoms with Crippen LogP contribution in [0, 0.1) is 5.82 Å². The number of rotatable bonds is 3. The summed E-state index contributed by atoms with van der Waals surface area (Å²) in [6.45, 7) is 1.86. The predicted molar refractivity (Wildman–Crippen MR) is 77.3 cm³/mol. The molecule has 0 saturated carbocycles. The van der Waals surface area contributed by atoms with Gasteiger partial charge in [0.25, 0.3) is 0 Å². The van der Waals surface area contributed by atoms with Gasteiger partial charge in [0, 0.05) is 15.4 Å². The summed E-state index contributed by atoms with van der Waals surface area (Å²) in [4.78, 5) is 1.60. The van der Waals surface area contributed by atoms with E-state index >= 15 is 0 Å². The van der Waals surface area contributed by atoms with Crippen molar-refractivity contribution < 1.29 is 4.39 Å². The van der Waals surface area contributed by atoms with Crippen molar-refractivity contribution in [2.45, 2.75) is 22.8 Å². The van der Waals surface area contributed by atoms with Gasteiger partial charge < -0.3 is 5.73 Å². The molecule has 0 aromatic heterocycles. The molecule has 0 heterocycles. The molecule has 1 unspecified atom stereocenters. The van der Waals surface area contributed by atoms with Crippen LogP contribution in [0.2, 0.25) is 0 Å². The topological polar surface area (TPSA) is 26.0 Å². The summed E-state index contributed by atoms with van der Waals surface area (Å²) in [6, 6.07) is 12.6. The van der Waals surface area contributed by atoms with Crippen molar-refractivity contribution in [2.24, 2.45) is 5.73 Å². The fraction of sp³-hybridized carbons (Fsp3) is 0.143. The first kappa shape index (κ1) is 13.6. The van der Waals surface area contributed by atoms with Gasteiger partial charge in [0.2, 0.25) is 0 Å². The van der Waals surface area contributed by atoms with E-state index < -0.39 is 0 Å². The molecule has 94 valence electrons. The Labute approximate surface area is 119 Å². The molecule has 0 fully saturated rings. The van der Waals surface area contributed by atoms with Gasteiger partial charge in [-0.25, -0.2) is 4.39 Å². The maximum atomic E-state index is 13.9. The Morgan fingerprint density at radius 3 is 2.44 bits per heavy atom. The highest BCUT2D eigenvalue weighted by molar-refractivity contribution is 9.10. The Kier molecular flexibility index (Phi) is 4.43. The van der Waals surface area contributed by atoms with Crippen LogP contribution in [0.4, 0.5) is 4.39 Å². The van der Waals surface area contributed by atoms with Crippen molar-refractivity contribution in [1.29, 1.82) is 0 Å². The third kappa shape index (κ3) is 3.13. The van der Waals surface area contributed by atoms with Gasteiger partial charge >= 0.3 is 0 Å². The van der Waals surface area contributed by atoms with E-state index in [1.165, 1.54) is 17.8 Å². The molecule has 0 aliphatic heterocycles. The summed E-state index contributed by atoms with van der Waals surface area (Å²) in [5.41, 5.74) is 6.71. The molecule has 0 aliphatic rings. The van der Waals surface area contributed by atoms with Crippen LogP contribution >= 0.6 is 27.7 Å². The first-order valence-electron chi connectivity index (χ1n) is 5.55. The number of hydrogen-bond acceptors (Lipinski definition) is 2. The van der Waals surface area contributed by atoms with Crippen LogP contribution in [0.1, 0.15) is 18.5 Å². The van der Waals surface area contributed by atoms with E-state index in [2.05, 4.69) is 15.9 Å². The zero-order chi connectivity index (χ0) is 13.1. The molecule has 2 aromatic carbocycles. The second kappa shape index (κ2) is 5.87. The van der Waals surface area contributed by atoms with Crippen LogP contribution in [0.15, 0.2) is 56.7 Å². The number of halogens is 2. The lowest BCUT2D eigenvalue weighted by molar-refractivity contribution is 0.591. The van der Waals surface area contributed by atoms with Crippen molar-refractivity contribution in [3.05, 3.63) is 58.3 Å². The summed E-state index contributed by atoms with van der Waals surface area (Å²) in [7, 11) is 0. The van der Waals surface area contributed by atoms with E-state index in [0.717, 1.165) is 14.9 Å². The molecule has 2 rings (SSSR count). The van der Waals surface area contributed by atoms with Crippen LogP contribution in [0.3, 0.4) is 0 Å². The highest BCUT2D eigenvalue weighted by Crippen LogP contribution is 2.35. The Hall–Kier alpha value is -0.840. The van der Waals surface area contributed by atoms with Crippen molar-refractivity contribution in [3.8, 4) is 0 Å². The lowest BCUT2D eigenvalue weighted by atomic mass is 10.1. The quantitative estimate of drug-likeness (QED) is 0.880. The Balaban J connectivity index is 2.36. The maximum absolute atomic E-state index is 13.9. The number of nitrogens with two attached hydrogens (primary N) is 1. The predicted octanol–water partition coefficient (Wildman–Crippen LogP) is 4.76. The molecule has 4 heteroatoms. The van der Waals surface area contributed by atoms with Crippen LogP contribution in [0.25, 0.3) is 0 Å². The van der Waals surface area contributed by atoms with Crippen molar-refractivity contribution >= 4 is 27.7 Å². The Morgan fingerprint density at radius 2 is 1.83 bits per heavy atom. The highest BCUT2D eigenvalue weighted by Gasteiger charge is 2.12. The summed E-state index contributed by atoms with van der Waals surface area (Å²) in [5, 5.41) is 0. The molecular formula is C14H13BrFNS. The van der Waals surface area contributed by atoms with Crippen LogP contribution in [0.5, 0.6) is 0 Å². The van der Waals surface area contributed by atoms with Gasteiger partial charge in [0.1, 0.15) is 5.82 Å². The normalized spacial score (nSPS) is 12.4. The molecule has 0 bridgehead atoms. The molecule has 0 radical (unpaired) electrons. The van der Waals surface area contributed by atoms with E-state index in [-0.39, 0.29) is 11.9 Å². The summed E-state index contributed by atoms with van der Waals surface area (Å²) >= 11 is 4.78. The van der Waals surface area contributed by atoms with E-state index in [0.29, 0.717) is 4.90 Å². The number of benzene rings is 2. The molecule has 2 aromatic rings. The lowest BCUT2D eigenvalue weighted by Gasteiger charge is -2.13. The third-order valence-corrected chi connectivity index (χ3v) is 4.19. The average molecular weight is 326 g/mol. The zero-order valence-electron chi connectivity index (χ0n) is 9.86. The minimum Gasteiger partial charge on any atom is -0.324 e. The molecule has 0 aliphatic carbocycles. The molecule has 1 atom stereocenters. The van der Waals surface area contributed by atoms with Crippen LogP contribution < -0.4 is 5.73 Å². The summed E-state index contributed by atoms with van der Waals surface area (Å²) in [6.07, 6.45) is 0. The van der Waals surface area contributed by atoms with E-state index in [4.69, 9.17) is 5.73 Å². The smallest absolute Gasteiger partial charge is 0.137 e. The van der Waals surface area contributed by atoms with Gasteiger partial charge in [-0.3, -0.25) is 0 Å². The molecule has 0 saturated heterocycles. The van der Waals surface area contributed by atoms with Gasteiger partial charge in [-0.1, -0.05) is 39.8 Å². The van der Waals surface area contributed by atoms with E-state index in [1.54, 1.807) is 6.07 Å². The van der Waals surface area contributed by atoms with Crippen LogP contribution in [-0.4, -0.2) is 0 Å². The molecule has 1 nitrogen and oxygen atoms in total. The maximum Gasteiger partial charge on any atom is 0.137 e. The third-order valence-electron chi connectivity index (χ3n) is 2.52. The van der Waals surface area contributed by atoms with Gasteiger partial charge in [-0.05, 0) is 42.8 Å².